The third kappa shape index (κ3) is 2.83. The van der Waals surface area contributed by atoms with E-state index in [9.17, 15) is 4.79 Å². The molecule has 0 radical (unpaired) electrons. The van der Waals surface area contributed by atoms with Crippen molar-refractivity contribution in [2.45, 2.75) is 25.2 Å². The average molecular weight is 218 g/mol. The summed E-state index contributed by atoms with van der Waals surface area (Å²) in [4.78, 5) is 10.9. The predicted octanol–water partition coefficient (Wildman–Crippen LogP) is 1.18. The highest BCUT2D eigenvalue weighted by atomic mass is 16.1. The number of primary amides is 1. The van der Waals surface area contributed by atoms with Crippen LogP contribution < -0.4 is 11.1 Å². The quantitative estimate of drug-likeness (QED) is 0.800. The van der Waals surface area contributed by atoms with Crippen LogP contribution in [0.1, 0.15) is 29.9 Å². The highest BCUT2D eigenvalue weighted by Gasteiger charge is 2.15. The van der Waals surface area contributed by atoms with Crippen LogP contribution in [-0.2, 0) is 11.2 Å². The Balaban J connectivity index is 2.11. The molecular formula is C13H18N2O. The smallest absolute Gasteiger partial charge is 0.221 e. The molecule has 3 N–H and O–H groups in total. The van der Waals surface area contributed by atoms with E-state index in [2.05, 4.69) is 17.4 Å². The highest BCUT2D eigenvalue weighted by Crippen LogP contribution is 2.25. The van der Waals surface area contributed by atoms with E-state index in [0.29, 0.717) is 12.3 Å². The number of hydrogen-bond donors (Lipinski definition) is 2. The van der Waals surface area contributed by atoms with E-state index in [0.717, 1.165) is 18.7 Å². The van der Waals surface area contributed by atoms with Crippen LogP contribution in [0.2, 0.25) is 0 Å². The minimum Gasteiger partial charge on any atom is -0.369 e. The van der Waals surface area contributed by atoms with Gasteiger partial charge in [0.25, 0.3) is 0 Å². The summed E-state index contributed by atoms with van der Waals surface area (Å²) in [5.74, 6) is 0.372. The molecule has 3 heteroatoms. The average Bonchev–Trinajstić information content (AvgIpc) is 2.30. The fourth-order valence-corrected chi connectivity index (χ4v) is 2.31. The van der Waals surface area contributed by atoms with E-state index in [4.69, 9.17) is 5.73 Å². The SMILES string of the molecule is NC(=O)Cc1cccc(C2CCNCC2)c1. The number of amides is 1. The standard InChI is InChI=1S/C13H18N2O/c14-13(16)9-10-2-1-3-12(8-10)11-4-6-15-7-5-11/h1-3,8,11,15H,4-7,9H2,(H2,14,16). The molecule has 1 aliphatic heterocycles. The van der Waals surface area contributed by atoms with Crippen molar-refractivity contribution in [1.82, 2.24) is 5.32 Å². The summed E-state index contributed by atoms with van der Waals surface area (Å²) >= 11 is 0. The zero-order valence-corrected chi connectivity index (χ0v) is 9.41. The summed E-state index contributed by atoms with van der Waals surface area (Å²) in [6.45, 7) is 2.18. The fraction of sp³-hybridized carbons (Fsp3) is 0.462. The Hall–Kier alpha value is -1.35. The van der Waals surface area contributed by atoms with Gasteiger partial charge in [0, 0.05) is 0 Å². The summed E-state index contributed by atoms with van der Waals surface area (Å²) < 4.78 is 0. The Labute approximate surface area is 96.0 Å². The van der Waals surface area contributed by atoms with Crippen molar-refractivity contribution in [1.29, 1.82) is 0 Å². The summed E-state index contributed by atoms with van der Waals surface area (Å²) in [5, 5.41) is 3.36. The number of piperidine rings is 1. The van der Waals surface area contributed by atoms with Gasteiger partial charge < -0.3 is 11.1 Å². The molecule has 1 aliphatic rings. The predicted molar refractivity (Wildman–Crippen MR) is 64.2 cm³/mol. The number of benzene rings is 1. The van der Waals surface area contributed by atoms with Crippen molar-refractivity contribution in [2.24, 2.45) is 5.73 Å². The third-order valence-corrected chi connectivity index (χ3v) is 3.14. The van der Waals surface area contributed by atoms with Gasteiger partial charge in [-0.2, -0.15) is 0 Å². The fourth-order valence-electron chi connectivity index (χ4n) is 2.31. The number of carbonyl (C=O) groups is 1. The molecular weight excluding hydrogens is 200 g/mol. The van der Waals surface area contributed by atoms with Crippen LogP contribution in [0.5, 0.6) is 0 Å². The Morgan fingerprint density at radius 3 is 2.81 bits per heavy atom. The van der Waals surface area contributed by atoms with Gasteiger partial charge in [0.2, 0.25) is 5.91 Å². The topological polar surface area (TPSA) is 55.1 Å². The van der Waals surface area contributed by atoms with E-state index >= 15 is 0 Å². The molecule has 0 bridgehead atoms. The molecule has 0 aromatic heterocycles. The number of nitrogens with two attached hydrogens (primary N) is 1. The third-order valence-electron chi connectivity index (χ3n) is 3.14. The number of hydrogen-bond acceptors (Lipinski definition) is 2. The maximum atomic E-state index is 10.9. The Morgan fingerprint density at radius 2 is 2.12 bits per heavy atom. The summed E-state index contributed by atoms with van der Waals surface area (Å²) in [6, 6.07) is 8.27. The Bertz CT molecular complexity index is 370. The van der Waals surface area contributed by atoms with Crippen LogP contribution in [0, 0.1) is 0 Å². The minimum atomic E-state index is -0.262. The first-order chi connectivity index (χ1) is 7.75. The van der Waals surface area contributed by atoms with Crippen LogP contribution in [0.15, 0.2) is 24.3 Å². The maximum absolute atomic E-state index is 10.9. The molecule has 0 saturated carbocycles. The Morgan fingerprint density at radius 1 is 1.38 bits per heavy atom. The van der Waals surface area contributed by atoms with Gasteiger partial charge in [0.15, 0.2) is 0 Å². The molecule has 1 heterocycles. The molecule has 1 fully saturated rings. The first-order valence-corrected chi connectivity index (χ1v) is 5.83. The lowest BCUT2D eigenvalue weighted by Crippen LogP contribution is -2.26. The normalized spacial score (nSPS) is 17.2. The van der Waals surface area contributed by atoms with E-state index in [1.54, 1.807) is 0 Å². The van der Waals surface area contributed by atoms with Gasteiger partial charge in [-0.05, 0) is 43.0 Å². The summed E-state index contributed by atoms with van der Waals surface area (Å²) in [6.07, 6.45) is 2.71. The van der Waals surface area contributed by atoms with Crippen molar-refractivity contribution in [3.05, 3.63) is 35.4 Å². The number of carbonyl (C=O) groups excluding carboxylic acids is 1. The zero-order chi connectivity index (χ0) is 11.4. The van der Waals surface area contributed by atoms with Gasteiger partial charge in [-0.3, -0.25) is 4.79 Å². The lowest BCUT2D eigenvalue weighted by atomic mass is 9.89. The largest absolute Gasteiger partial charge is 0.369 e. The second-order valence-corrected chi connectivity index (χ2v) is 4.41. The lowest BCUT2D eigenvalue weighted by molar-refractivity contribution is -0.117. The van der Waals surface area contributed by atoms with Gasteiger partial charge in [-0.1, -0.05) is 24.3 Å². The maximum Gasteiger partial charge on any atom is 0.221 e. The van der Waals surface area contributed by atoms with Crippen molar-refractivity contribution in [2.75, 3.05) is 13.1 Å². The van der Waals surface area contributed by atoms with E-state index < -0.39 is 0 Å². The summed E-state index contributed by atoms with van der Waals surface area (Å²) in [7, 11) is 0. The van der Waals surface area contributed by atoms with Crippen molar-refractivity contribution in [3.8, 4) is 0 Å². The molecule has 0 unspecified atom stereocenters. The molecule has 1 aromatic carbocycles. The van der Waals surface area contributed by atoms with Gasteiger partial charge in [0.1, 0.15) is 0 Å². The zero-order valence-electron chi connectivity index (χ0n) is 9.41. The first-order valence-electron chi connectivity index (χ1n) is 5.83. The molecule has 0 spiro atoms. The van der Waals surface area contributed by atoms with Crippen LogP contribution in [-0.4, -0.2) is 19.0 Å². The molecule has 1 amide bonds. The van der Waals surface area contributed by atoms with Crippen LogP contribution in [0.3, 0.4) is 0 Å². The number of rotatable bonds is 3. The second kappa shape index (κ2) is 5.12. The monoisotopic (exact) mass is 218 g/mol. The van der Waals surface area contributed by atoms with Crippen LogP contribution in [0.25, 0.3) is 0 Å². The van der Waals surface area contributed by atoms with Gasteiger partial charge in [-0.25, -0.2) is 0 Å². The van der Waals surface area contributed by atoms with Crippen molar-refractivity contribution >= 4 is 5.91 Å². The Kier molecular flexibility index (Phi) is 3.57. The van der Waals surface area contributed by atoms with Crippen LogP contribution >= 0.6 is 0 Å². The van der Waals surface area contributed by atoms with Gasteiger partial charge >= 0.3 is 0 Å². The van der Waals surface area contributed by atoms with E-state index in [-0.39, 0.29) is 5.91 Å². The van der Waals surface area contributed by atoms with Gasteiger partial charge in [0.05, 0.1) is 6.42 Å². The van der Waals surface area contributed by atoms with E-state index in [1.165, 1.54) is 18.4 Å². The highest BCUT2D eigenvalue weighted by molar-refractivity contribution is 5.76. The van der Waals surface area contributed by atoms with E-state index in [1.807, 2.05) is 12.1 Å². The molecule has 1 saturated heterocycles. The first kappa shape index (κ1) is 11.1. The molecule has 0 atom stereocenters. The lowest BCUT2D eigenvalue weighted by Gasteiger charge is -2.23. The minimum absolute atomic E-state index is 0.262. The number of nitrogens with one attached hydrogen (secondary N) is 1. The molecule has 3 nitrogen and oxygen atoms in total. The molecule has 0 aliphatic carbocycles. The second-order valence-electron chi connectivity index (χ2n) is 4.41. The van der Waals surface area contributed by atoms with Crippen LogP contribution in [0.4, 0.5) is 0 Å². The van der Waals surface area contributed by atoms with Crippen molar-refractivity contribution < 1.29 is 4.79 Å². The molecule has 86 valence electrons. The molecule has 1 aromatic rings. The molecule has 2 rings (SSSR count). The van der Waals surface area contributed by atoms with Crippen molar-refractivity contribution in [3.63, 3.8) is 0 Å². The molecule has 16 heavy (non-hydrogen) atoms. The summed E-state index contributed by atoms with van der Waals surface area (Å²) in [5.41, 5.74) is 7.58. The van der Waals surface area contributed by atoms with Gasteiger partial charge in [-0.15, -0.1) is 0 Å².